The Kier molecular flexibility index (Phi) is 2.62. The third-order valence-electron chi connectivity index (χ3n) is 8.74. The molecule has 0 spiro atoms. The minimum absolute atomic E-state index is 0.112. The first-order chi connectivity index (χ1) is 10.8. The number of fused-ring (bicyclic) bond motifs is 7. The quantitative estimate of drug-likeness (QED) is 0.676. The van der Waals surface area contributed by atoms with E-state index in [0.29, 0.717) is 41.8 Å². The second-order valence-electron chi connectivity index (χ2n) is 9.63. The Morgan fingerprint density at radius 1 is 1.22 bits per heavy atom. The number of aliphatic hydroxyl groups excluding tert-OH is 1. The lowest BCUT2D eigenvalue weighted by atomic mass is 9.45. The number of Topliss-reactive ketones (excluding diaryl/α,β-unsaturated/α-hetero) is 1. The van der Waals surface area contributed by atoms with Crippen LogP contribution < -0.4 is 0 Å². The Bertz CT molecular complexity index is 612. The van der Waals surface area contributed by atoms with Gasteiger partial charge in [0.2, 0.25) is 0 Å². The fraction of sp³-hybridized carbons (Fsp3) is 0.850. The summed E-state index contributed by atoms with van der Waals surface area (Å²) in [6, 6.07) is 0. The van der Waals surface area contributed by atoms with Gasteiger partial charge < -0.3 is 10.2 Å². The molecule has 4 fully saturated rings. The van der Waals surface area contributed by atoms with Crippen molar-refractivity contribution in [2.24, 2.45) is 40.4 Å². The van der Waals surface area contributed by atoms with Gasteiger partial charge in [0.1, 0.15) is 5.78 Å². The molecule has 0 aromatic rings. The average Bonchev–Trinajstić information content (AvgIpc) is 3.23. The van der Waals surface area contributed by atoms with Crippen molar-refractivity contribution in [3.63, 3.8) is 0 Å². The number of carbonyl (C=O) groups is 1. The van der Waals surface area contributed by atoms with E-state index in [2.05, 4.69) is 19.9 Å². The van der Waals surface area contributed by atoms with Crippen LogP contribution in [0.15, 0.2) is 12.2 Å². The van der Waals surface area contributed by atoms with Crippen LogP contribution in [0.25, 0.3) is 0 Å². The van der Waals surface area contributed by atoms with Gasteiger partial charge in [-0.15, -0.1) is 0 Å². The number of carbonyl (C=O) groups excluding carboxylic acids is 1. The number of hydrogen-bond acceptors (Lipinski definition) is 3. The lowest BCUT2D eigenvalue weighted by molar-refractivity contribution is -0.169. The van der Waals surface area contributed by atoms with E-state index in [1.807, 2.05) is 6.08 Å². The lowest BCUT2D eigenvalue weighted by Crippen LogP contribution is -2.61. The van der Waals surface area contributed by atoms with E-state index in [0.717, 1.165) is 32.1 Å². The molecule has 0 bridgehead atoms. The summed E-state index contributed by atoms with van der Waals surface area (Å²) in [5.41, 5.74) is -1.13. The van der Waals surface area contributed by atoms with Crippen LogP contribution in [-0.2, 0) is 4.79 Å². The van der Waals surface area contributed by atoms with E-state index in [9.17, 15) is 15.0 Å². The highest BCUT2D eigenvalue weighted by molar-refractivity contribution is 5.92. The third kappa shape index (κ3) is 1.57. The monoisotopic (exact) mass is 316 g/mol. The lowest BCUT2D eigenvalue weighted by Gasteiger charge is -2.61. The zero-order valence-corrected chi connectivity index (χ0v) is 14.2. The van der Waals surface area contributed by atoms with Crippen molar-refractivity contribution in [3.05, 3.63) is 12.2 Å². The minimum atomic E-state index is -0.870. The van der Waals surface area contributed by atoms with Crippen molar-refractivity contribution in [2.45, 2.75) is 64.1 Å². The molecule has 0 aliphatic heterocycles. The van der Waals surface area contributed by atoms with Crippen LogP contribution in [0.4, 0.5) is 0 Å². The maximum Gasteiger partial charge on any atom is 0.142 e. The van der Waals surface area contributed by atoms with Crippen LogP contribution in [-0.4, -0.2) is 27.7 Å². The zero-order chi connectivity index (χ0) is 16.2. The first-order valence-corrected chi connectivity index (χ1v) is 9.44. The predicted molar refractivity (Wildman–Crippen MR) is 86.5 cm³/mol. The number of aliphatic hydroxyl groups is 2. The molecule has 0 aromatic carbocycles. The van der Waals surface area contributed by atoms with Crippen molar-refractivity contribution < 1.29 is 15.0 Å². The molecule has 23 heavy (non-hydrogen) atoms. The first-order valence-electron chi connectivity index (χ1n) is 9.44. The molecule has 3 heteroatoms. The summed E-state index contributed by atoms with van der Waals surface area (Å²) in [5, 5.41) is 21.3. The van der Waals surface area contributed by atoms with Crippen LogP contribution in [0, 0.1) is 40.4 Å². The van der Waals surface area contributed by atoms with Gasteiger partial charge in [-0.05, 0) is 55.8 Å². The highest BCUT2D eigenvalue weighted by Gasteiger charge is 2.71. The van der Waals surface area contributed by atoms with E-state index in [1.165, 1.54) is 0 Å². The molecule has 9 atom stereocenters. The van der Waals surface area contributed by atoms with Crippen molar-refractivity contribution in [1.82, 2.24) is 0 Å². The van der Waals surface area contributed by atoms with Crippen molar-refractivity contribution in [1.29, 1.82) is 0 Å². The third-order valence-corrected chi connectivity index (χ3v) is 8.74. The maximum atomic E-state index is 12.7. The molecule has 0 aromatic heterocycles. The van der Waals surface area contributed by atoms with Gasteiger partial charge in [-0.25, -0.2) is 0 Å². The van der Waals surface area contributed by atoms with Gasteiger partial charge >= 0.3 is 0 Å². The standard InChI is InChI=1S/C20H28O3/c1-18-6-5-15-12(16(18)13-9-14(13)17(18)22)4-8-20(23)10-11(21)3-7-19(15,20)2/h4,8,11-16,21,23H,3,5-7,9-10H2,1-2H3/t11-,12-,13-,14-,15+,16-,18+,19-,20+/m1/s1. The molecular formula is C20H28O3. The van der Waals surface area contributed by atoms with Crippen molar-refractivity contribution in [2.75, 3.05) is 0 Å². The topological polar surface area (TPSA) is 57.5 Å². The summed E-state index contributed by atoms with van der Waals surface area (Å²) in [5.74, 6) is 2.87. The summed E-state index contributed by atoms with van der Waals surface area (Å²) in [6.45, 7) is 4.45. The van der Waals surface area contributed by atoms with Crippen molar-refractivity contribution >= 4 is 5.78 Å². The average molecular weight is 316 g/mol. The normalized spacial score (nSPS) is 63.0. The van der Waals surface area contributed by atoms with Gasteiger partial charge in [0.15, 0.2) is 0 Å². The van der Waals surface area contributed by atoms with Crippen LogP contribution in [0.2, 0.25) is 0 Å². The van der Waals surface area contributed by atoms with Crippen molar-refractivity contribution in [3.8, 4) is 0 Å². The molecule has 5 aliphatic rings. The summed E-state index contributed by atoms with van der Waals surface area (Å²) in [4.78, 5) is 12.7. The second-order valence-corrected chi connectivity index (χ2v) is 9.63. The molecule has 0 heterocycles. The van der Waals surface area contributed by atoms with Crippen LogP contribution >= 0.6 is 0 Å². The van der Waals surface area contributed by atoms with Gasteiger partial charge in [0.05, 0.1) is 11.7 Å². The van der Waals surface area contributed by atoms with E-state index in [4.69, 9.17) is 0 Å². The Balaban J connectivity index is 1.58. The van der Waals surface area contributed by atoms with Crippen LogP contribution in [0.3, 0.4) is 0 Å². The highest BCUT2D eigenvalue weighted by atomic mass is 16.3. The first kappa shape index (κ1) is 14.7. The fourth-order valence-corrected chi connectivity index (χ4v) is 7.28. The van der Waals surface area contributed by atoms with Gasteiger partial charge in [-0.3, -0.25) is 4.79 Å². The Hall–Kier alpha value is -0.670. The number of hydrogen-bond donors (Lipinski definition) is 2. The number of allylic oxidation sites excluding steroid dienone is 1. The van der Waals surface area contributed by atoms with E-state index < -0.39 is 5.60 Å². The number of ketones is 1. The molecule has 0 saturated heterocycles. The van der Waals surface area contributed by atoms with Gasteiger partial charge in [-0.1, -0.05) is 26.0 Å². The molecule has 5 rings (SSSR count). The molecule has 5 aliphatic carbocycles. The summed E-state index contributed by atoms with van der Waals surface area (Å²) in [6.07, 6.45) is 9.15. The number of rotatable bonds is 0. The Morgan fingerprint density at radius 2 is 2.00 bits per heavy atom. The summed E-state index contributed by atoms with van der Waals surface area (Å²) >= 11 is 0. The summed E-state index contributed by atoms with van der Waals surface area (Å²) in [7, 11) is 0. The largest absolute Gasteiger partial charge is 0.393 e. The summed E-state index contributed by atoms with van der Waals surface area (Å²) < 4.78 is 0. The molecular weight excluding hydrogens is 288 g/mol. The smallest absolute Gasteiger partial charge is 0.142 e. The van der Waals surface area contributed by atoms with E-state index in [-0.39, 0.29) is 16.9 Å². The maximum absolute atomic E-state index is 12.7. The zero-order valence-electron chi connectivity index (χ0n) is 14.2. The molecule has 126 valence electrons. The second kappa shape index (κ2) is 4.11. The molecule has 0 unspecified atom stereocenters. The van der Waals surface area contributed by atoms with E-state index in [1.54, 1.807) is 0 Å². The SMILES string of the molecule is C[C@]12CC[C@H]3[C@@H](C=C[C@]4(O)C[C@H](O)CC[C@]34C)[C@@H]1[C@@H]1C[C@H]1C2=O. The van der Waals surface area contributed by atoms with Gasteiger partial charge in [-0.2, -0.15) is 0 Å². The fourth-order valence-electron chi connectivity index (χ4n) is 7.28. The predicted octanol–water partition coefficient (Wildman–Crippen LogP) is 2.71. The molecule has 3 nitrogen and oxygen atoms in total. The van der Waals surface area contributed by atoms with Crippen LogP contribution in [0.1, 0.15) is 52.4 Å². The highest BCUT2D eigenvalue weighted by Crippen LogP contribution is 2.71. The molecule has 2 N–H and O–H groups in total. The Morgan fingerprint density at radius 3 is 2.78 bits per heavy atom. The van der Waals surface area contributed by atoms with Crippen LogP contribution in [0.5, 0.6) is 0 Å². The molecule has 4 saturated carbocycles. The molecule has 0 amide bonds. The van der Waals surface area contributed by atoms with Gasteiger partial charge in [0.25, 0.3) is 0 Å². The van der Waals surface area contributed by atoms with E-state index >= 15 is 0 Å². The molecule has 0 radical (unpaired) electrons. The minimum Gasteiger partial charge on any atom is -0.393 e. The Labute approximate surface area is 138 Å². The van der Waals surface area contributed by atoms with Gasteiger partial charge in [0, 0.05) is 23.2 Å².